The molecule has 1 heterocycles. The van der Waals surface area contributed by atoms with Gasteiger partial charge in [0.1, 0.15) is 5.75 Å². The first-order chi connectivity index (χ1) is 8.79. The van der Waals surface area contributed by atoms with E-state index in [0.29, 0.717) is 6.61 Å². The third-order valence-electron chi connectivity index (χ3n) is 2.65. The van der Waals surface area contributed by atoms with Crippen molar-refractivity contribution in [2.24, 2.45) is 0 Å². The van der Waals surface area contributed by atoms with Gasteiger partial charge in [-0.05, 0) is 19.1 Å². The summed E-state index contributed by atoms with van der Waals surface area (Å²) in [4.78, 5) is 12.0. The third-order valence-corrected chi connectivity index (χ3v) is 3.71. The Kier molecular flexibility index (Phi) is 4.90. The molecule has 5 heteroatoms. The Bertz CT molecular complexity index is 406. The van der Waals surface area contributed by atoms with Crippen LogP contribution in [-0.2, 0) is 4.79 Å². The van der Waals surface area contributed by atoms with Gasteiger partial charge in [0.05, 0.1) is 12.6 Å². The first-order valence-electron chi connectivity index (χ1n) is 6.14. The fourth-order valence-electron chi connectivity index (χ4n) is 1.79. The number of carbonyl (C=O) groups excluding carboxylic acids is 1. The number of benzene rings is 1. The van der Waals surface area contributed by atoms with Crippen LogP contribution in [0.3, 0.4) is 0 Å². The van der Waals surface area contributed by atoms with Crippen LogP contribution in [0.1, 0.15) is 6.92 Å². The second-order valence-corrected chi connectivity index (χ2v) is 5.18. The lowest BCUT2D eigenvalue weighted by atomic mass is 10.2. The van der Waals surface area contributed by atoms with Crippen molar-refractivity contribution in [3.05, 3.63) is 24.3 Å². The maximum absolute atomic E-state index is 12.0. The topological polar surface area (TPSA) is 50.4 Å². The molecule has 0 aromatic heterocycles. The van der Waals surface area contributed by atoms with Crippen LogP contribution in [0.2, 0.25) is 0 Å². The van der Waals surface area contributed by atoms with E-state index >= 15 is 0 Å². The molecule has 1 saturated heterocycles. The molecule has 2 N–H and O–H groups in total. The minimum absolute atomic E-state index is 0.0239. The molecular weight excluding hydrogens is 248 g/mol. The van der Waals surface area contributed by atoms with E-state index in [9.17, 15) is 4.79 Å². The predicted octanol–water partition coefficient (Wildman–Crippen LogP) is 1.73. The summed E-state index contributed by atoms with van der Waals surface area (Å²) in [7, 11) is 0. The highest BCUT2D eigenvalue weighted by Gasteiger charge is 2.20. The van der Waals surface area contributed by atoms with Gasteiger partial charge in [-0.15, -0.1) is 0 Å². The summed E-state index contributed by atoms with van der Waals surface area (Å²) in [5, 5.41) is 6.13. The van der Waals surface area contributed by atoms with E-state index in [1.807, 2.05) is 31.2 Å². The highest BCUT2D eigenvalue weighted by molar-refractivity contribution is 7.99. The largest absolute Gasteiger partial charge is 0.494 e. The van der Waals surface area contributed by atoms with Crippen molar-refractivity contribution in [2.75, 3.05) is 30.0 Å². The van der Waals surface area contributed by atoms with Gasteiger partial charge in [0.15, 0.2) is 0 Å². The van der Waals surface area contributed by atoms with Crippen LogP contribution in [0.25, 0.3) is 0 Å². The smallest absolute Gasteiger partial charge is 0.242 e. The van der Waals surface area contributed by atoms with Crippen molar-refractivity contribution in [1.82, 2.24) is 5.32 Å². The molecule has 1 amide bonds. The van der Waals surface area contributed by atoms with Crippen LogP contribution in [0.15, 0.2) is 24.3 Å². The molecule has 1 atom stereocenters. The number of carbonyl (C=O) groups is 1. The maximum atomic E-state index is 12.0. The van der Waals surface area contributed by atoms with Gasteiger partial charge in [0.2, 0.25) is 5.91 Å². The SMILES string of the molecule is CCOc1cccc(NC(=O)C2CSCCN2)c1. The predicted molar refractivity (Wildman–Crippen MR) is 75.4 cm³/mol. The van der Waals surface area contributed by atoms with Crippen molar-refractivity contribution in [1.29, 1.82) is 0 Å². The van der Waals surface area contributed by atoms with Gasteiger partial charge < -0.3 is 15.4 Å². The molecule has 0 bridgehead atoms. The lowest BCUT2D eigenvalue weighted by Crippen LogP contribution is -2.46. The van der Waals surface area contributed by atoms with Crippen molar-refractivity contribution in [3.63, 3.8) is 0 Å². The lowest BCUT2D eigenvalue weighted by Gasteiger charge is -2.22. The van der Waals surface area contributed by atoms with Gasteiger partial charge in [-0.2, -0.15) is 11.8 Å². The van der Waals surface area contributed by atoms with E-state index in [4.69, 9.17) is 4.74 Å². The van der Waals surface area contributed by atoms with E-state index in [1.54, 1.807) is 11.8 Å². The highest BCUT2D eigenvalue weighted by atomic mass is 32.2. The number of thioether (sulfide) groups is 1. The summed E-state index contributed by atoms with van der Waals surface area (Å²) in [6.07, 6.45) is 0. The van der Waals surface area contributed by atoms with E-state index < -0.39 is 0 Å². The minimum Gasteiger partial charge on any atom is -0.494 e. The summed E-state index contributed by atoms with van der Waals surface area (Å²) in [6, 6.07) is 7.38. The van der Waals surface area contributed by atoms with Gasteiger partial charge in [-0.3, -0.25) is 4.79 Å². The van der Waals surface area contributed by atoms with Crippen molar-refractivity contribution in [3.8, 4) is 5.75 Å². The molecule has 1 aromatic carbocycles. The first kappa shape index (κ1) is 13.2. The zero-order valence-electron chi connectivity index (χ0n) is 10.4. The minimum atomic E-state index is -0.0977. The van der Waals surface area contributed by atoms with Gasteiger partial charge in [0, 0.05) is 29.8 Å². The molecule has 1 aliphatic heterocycles. The molecule has 98 valence electrons. The molecule has 0 aliphatic carbocycles. The summed E-state index contributed by atoms with van der Waals surface area (Å²) < 4.78 is 5.40. The molecule has 0 radical (unpaired) electrons. The van der Waals surface area contributed by atoms with Crippen LogP contribution >= 0.6 is 11.8 Å². The zero-order chi connectivity index (χ0) is 12.8. The molecular formula is C13H18N2O2S. The summed E-state index contributed by atoms with van der Waals surface area (Å²) in [5.41, 5.74) is 0.781. The van der Waals surface area contributed by atoms with Crippen LogP contribution in [0, 0.1) is 0 Å². The van der Waals surface area contributed by atoms with Gasteiger partial charge >= 0.3 is 0 Å². The van der Waals surface area contributed by atoms with E-state index in [1.165, 1.54) is 0 Å². The number of anilines is 1. The average Bonchev–Trinajstić information content (AvgIpc) is 2.40. The molecule has 1 unspecified atom stereocenters. The number of hydrogen-bond donors (Lipinski definition) is 2. The van der Waals surface area contributed by atoms with Gasteiger partial charge in [-0.25, -0.2) is 0 Å². The Morgan fingerprint density at radius 2 is 2.50 bits per heavy atom. The molecule has 1 aliphatic rings. The number of amides is 1. The zero-order valence-corrected chi connectivity index (χ0v) is 11.3. The van der Waals surface area contributed by atoms with Crippen molar-refractivity contribution in [2.45, 2.75) is 13.0 Å². The molecule has 18 heavy (non-hydrogen) atoms. The molecule has 0 spiro atoms. The Labute approximate surface area is 111 Å². The number of rotatable bonds is 4. The second kappa shape index (κ2) is 6.66. The van der Waals surface area contributed by atoms with E-state index in [-0.39, 0.29) is 11.9 Å². The molecule has 4 nitrogen and oxygen atoms in total. The van der Waals surface area contributed by atoms with Crippen LogP contribution in [0.5, 0.6) is 5.75 Å². The van der Waals surface area contributed by atoms with Crippen LogP contribution < -0.4 is 15.4 Å². The molecule has 0 saturated carbocycles. The maximum Gasteiger partial charge on any atom is 0.242 e. The summed E-state index contributed by atoms with van der Waals surface area (Å²) in [6.45, 7) is 3.45. The number of hydrogen-bond acceptors (Lipinski definition) is 4. The molecule has 1 aromatic rings. The van der Waals surface area contributed by atoms with Gasteiger partial charge in [0.25, 0.3) is 0 Å². The fourth-order valence-corrected chi connectivity index (χ4v) is 2.73. The third kappa shape index (κ3) is 3.65. The van der Waals surface area contributed by atoms with Crippen molar-refractivity contribution >= 4 is 23.4 Å². The standard InChI is InChI=1S/C13H18N2O2S/c1-2-17-11-5-3-4-10(8-11)15-13(16)12-9-18-7-6-14-12/h3-5,8,12,14H,2,6-7,9H2,1H3,(H,15,16). The second-order valence-electron chi connectivity index (χ2n) is 4.03. The Morgan fingerprint density at radius 1 is 1.61 bits per heavy atom. The van der Waals surface area contributed by atoms with Crippen LogP contribution in [-0.4, -0.2) is 36.6 Å². The summed E-state index contributed by atoms with van der Waals surface area (Å²) >= 11 is 1.81. The fraction of sp³-hybridized carbons (Fsp3) is 0.462. The monoisotopic (exact) mass is 266 g/mol. The number of ether oxygens (including phenoxy) is 1. The van der Waals surface area contributed by atoms with E-state index in [2.05, 4.69) is 10.6 Å². The summed E-state index contributed by atoms with van der Waals surface area (Å²) in [5.74, 6) is 2.71. The first-order valence-corrected chi connectivity index (χ1v) is 7.30. The van der Waals surface area contributed by atoms with E-state index in [0.717, 1.165) is 29.5 Å². The highest BCUT2D eigenvalue weighted by Crippen LogP contribution is 2.18. The normalized spacial score (nSPS) is 19.3. The Hall–Kier alpha value is -1.20. The molecule has 1 fully saturated rings. The van der Waals surface area contributed by atoms with Crippen molar-refractivity contribution < 1.29 is 9.53 Å². The lowest BCUT2D eigenvalue weighted by molar-refractivity contribution is -0.117. The Balaban J connectivity index is 1.95. The quantitative estimate of drug-likeness (QED) is 0.871. The van der Waals surface area contributed by atoms with Gasteiger partial charge in [-0.1, -0.05) is 6.07 Å². The molecule has 2 rings (SSSR count). The average molecular weight is 266 g/mol. The van der Waals surface area contributed by atoms with Crippen LogP contribution in [0.4, 0.5) is 5.69 Å². The Morgan fingerprint density at radius 3 is 3.22 bits per heavy atom. The number of nitrogens with one attached hydrogen (secondary N) is 2.